The molecule has 0 fully saturated rings. The highest BCUT2D eigenvalue weighted by molar-refractivity contribution is 8.00. The zero-order valence-corrected chi connectivity index (χ0v) is 12.0. The fourth-order valence-corrected chi connectivity index (χ4v) is 2.88. The third kappa shape index (κ3) is 2.72. The van der Waals surface area contributed by atoms with E-state index in [-0.39, 0.29) is 4.75 Å². The van der Waals surface area contributed by atoms with Crippen LogP contribution in [0.2, 0.25) is 5.28 Å². The van der Waals surface area contributed by atoms with Gasteiger partial charge >= 0.3 is 0 Å². The normalized spacial score (nSPS) is 12.1. The lowest BCUT2D eigenvalue weighted by Crippen LogP contribution is -2.29. The van der Waals surface area contributed by atoms with Crippen LogP contribution < -0.4 is 0 Å². The van der Waals surface area contributed by atoms with E-state index >= 15 is 0 Å². The Morgan fingerprint density at radius 3 is 2.31 bits per heavy atom. The van der Waals surface area contributed by atoms with E-state index in [2.05, 4.69) is 37.2 Å². The summed E-state index contributed by atoms with van der Waals surface area (Å²) in [7, 11) is 0. The average molecular weight is 262 g/mol. The van der Waals surface area contributed by atoms with Gasteiger partial charge in [0, 0.05) is 17.7 Å². The fourth-order valence-electron chi connectivity index (χ4n) is 1.85. The van der Waals surface area contributed by atoms with Crippen molar-refractivity contribution in [3.05, 3.63) is 11.1 Å². The Bertz CT molecular complexity index is 326. The largest absolute Gasteiger partial charge is 0.300 e. The second-order valence-corrected chi connectivity index (χ2v) is 5.53. The highest BCUT2D eigenvalue weighted by Crippen LogP contribution is 2.33. The molecule has 1 aromatic heterocycles. The Morgan fingerprint density at radius 1 is 1.25 bits per heavy atom. The van der Waals surface area contributed by atoms with E-state index in [0.717, 1.165) is 31.6 Å². The molecule has 16 heavy (non-hydrogen) atoms. The van der Waals surface area contributed by atoms with Gasteiger partial charge in [-0.1, -0.05) is 20.8 Å². The van der Waals surface area contributed by atoms with Gasteiger partial charge in [-0.05, 0) is 30.7 Å². The third-order valence-electron chi connectivity index (χ3n) is 3.27. The van der Waals surface area contributed by atoms with Crippen molar-refractivity contribution >= 4 is 23.4 Å². The van der Waals surface area contributed by atoms with Crippen molar-refractivity contribution < 1.29 is 0 Å². The van der Waals surface area contributed by atoms with Crippen LogP contribution in [0.3, 0.4) is 0 Å². The van der Waals surface area contributed by atoms with Crippen LogP contribution in [0.5, 0.6) is 0 Å². The molecule has 0 atom stereocenters. The van der Waals surface area contributed by atoms with E-state index in [4.69, 9.17) is 11.6 Å². The molecular formula is C11H20ClN3S. The maximum atomic E-state index is 6.08. The molecule has 0 aliphatic carbocycles. The van der Waals surface area contributed by atoms with Crippen LogP contribution in [-0.4, -0.2) is 25.8 Å². The number of hydrogen-bond donors (Lipinski definition) is 0. The Hall–Kier alpha value is -0.220. The van der Waals surface area contributed by atoms with Gasteiger partial charge in [0.25, 0.3) is 0 Å². The van der Waals surface area contributed by atoms with Crippen molar-refractivity contribution in [2.24, 2.45) is 0 Å². The zero-order valence-electron chi connectivity index (χ0n) is 10.5. The Balaban J connectivity index is 2.96. The number of thioether (sulfide) groups is 1. The van der Waals surface area contributed by atoms with Crippen molar-refractivity contribution in [1.29, 1.82) is 0 Å². The molecule has 1 rings (SSSR count). The minimum Gasteiger partial charge on any atom is -0.300 e. The second kappa shape index (κ2) is 5.92. The van der Waals surface area contributed by atoms with Crippen LogP contribution in [0.4, 0.5) is 0 Å². The van der Waals surface area contributed by atoms with Crippen LogP contribution in [-0.2, 0) is 13.0 Å². The van der Waals surface area contributed by atoms with Gasteiger partial charge in [0.05, 0.1) is 0 Å². The van der Waals surface area contributed by atoms with Crippen LogP contribution in [0.25, 0.3) is 0 Å². The summed E-state index contributed by atoms with van der Waals surface area (Å²) in [5.41, 5.74) is 0. The molecule has 92 valence electrons. The summed E-state index contributed by atoms with van der Waals surface area (Å²) in [5, 5.41) is 8.55. The highest BCUT2D eigenvalue weighted by atomic mass is 35.5. The maximum Gasteiger partial charge on any atom is 0.225 e. The zero-order chi connectivity index (χ0) is 12.2. The topological polar surface area (TPSA) is 30.7 Å². The first-order chi connectivity index (χ1) is 7.62. The molecule has 0 radical (unpaired) electrons. The monoisotopic (exact) mass is 261 g/mol. The van der Waals surface area contributed by atoms with E-state index in [1.807, 2.05) is 16.3 Å². The molecule has 0 saturated heterocycles. The molecule has 1 heterocycles. The van der Waals surface area contributed by atoms with Gasteiger partial charge in [-0.2, -0.15) is 11.8 Å². The van der Waals surface area contributed by atoms with Gasteiger partial charge < -0.3 is 4.57 Å². The molecule has 0 aliphatic rings. The molecule has 0 spiro atoms. The van der Waals surface area contributed by atoms with Crippen LogP contribution in [0, 0.1) is 0 Å². The Morgan fingerprint density at radius 2 is 1.88 bits per heavy atom. The van der Waals surface area contributed by atoms with Gasteiger partial charge in [0.15, 0.2) is 0 Å². The third-order valence-corrected chi connectivity index (χ3v) is 5.12. The maximum absolute atomic E-state index is 6.08. The molecule has 3 nitrogen and oxygen atoms in total. The summed E-state index contributed by atoms with van der Waals surface area (Å²) in [4.78, 5) is 0. The van der Waals surface area contributed by atoms with Gasteiger partial charge in [0.2, 0.25) is 5.28 Å². The molecular weight excluding hydrogens is 242 g/mol. The lowest BCUT2D eigenvalue weighted by molar-refractivity contribution is 0.457. The van der Waals surface area contributed by atoms with Gasteiger partial charge in [-0.3, -0.25) is 0 Å². The van der Waals surface area contributed by atoms with Crippen molar-refractivity contribution in [3.8, 4) is 0 Å². The highest BCUT2D eigenvalue weighted by Gasteiger charge is 2.27. The molecule has 0 unspecified atom stereocenters. The van der Waals surface area contributed by atoms with Crippen LogP contribution in [0.15, 0.2) is 0 Å². The molecule has 0 bridgehead atoms. The van der Waals surface area contributed by atoms with Crippen molar-refractivity contribution in [1.82, 2.24) is 14.8 Å². The second-order valence-electron chi connectivity index (χ2n) is 3.92. The number of halogens is 1. The molecule has 0 aliphatic heterocycles. The first-order valence-electron chi connectivity index (χ1n) is 5.75. The summed E-state index contributed by atoms with van der Waals surface area (Å²) in [5.74, 6) is 0.977. The Labute approximate surface area is 107 Å². The SMILES string of the molecule is CCc1nnc(Cl)n1CC(CC)(CC)SC. The number of aromatic nitrogens is 3. The lowest BCUT2D eigenvalue weighted by atomic mass is 10.0. The minimum atomic E-state index is 0.246. The van der Waals surface area contributed by atoms with E-state index in [1.54, 1.807) is 0 Å². The first-order valence-corrected chi connectivity index (χ1v) is 7.35. The predicted octanol–water partition coefficient (Wildman–Crippen LogP) is 3.42. The summed E-state index contributed by atoms with van der Waals surface area (Å²) in [6, 6.07) is 0. The quantitative estimate of drug-likeness (QED) is 0.786. The Kier molecular flexibility index (Phi) is 5.12. The number of aryl methyl sites for hydroxylation is 1. The summed E-state index contributed by atoms with van der Waals surface area (Å²) < 4.78 is 2.29. The molecule has 5 heteroatoms. The van der Waals surface area contributed by atoms with E-state index in [9.17, 15) is 0 Å². The van der Waals surface area contributed by atoms with Crippen molar-refractivity contribution in [2.45, 2.75) is 51.3 Å². The molecule has 0 saturated carbocycles. The molecule has 1 aromatic rings. The average Bonchev–Trinajstić information content (AvgIpc) is 2.67. The predicted molar refractivity (Wildman–Crippen MR) is 71.2 cm³/mol. The van der Waals surface area contributed by atoms with E-state index in [0.29, 0.717) is 5.28 Å². The van der Waals surface area contributed by atoms with E-state index < -0.39 is 0 Å². The summed E-state index contributed by atoms with van der Waals surface area (Å²) >= 11 is 7.99. The van der Waals surface area contributed by atoms with Crippen molar-refractivity contribution in [3.63, 3.8) is 0 Å². The molecule has 0 N–H and O–H groups in total. The fraction of sp³-hybridized carbons (Fsp3) is 0.818. The first kappa shape index (κ1) is 13.8. The smallest absolute Gasteiger partial charge is 0.225 e. The standard InChI is InChI=1S/C11H20ClN3S/c1-5-9-13-14-10(12)15(9)8-11(6-2,7-3)16-4/h5-8H2,1-4H3. The van der Waals surface area contributed by atoms with Crippen LogP contribution in [0.1, 0.15) is 39.4 Å². The van der Waals surface area contributed by atoms with Crippen LogP contribution >= 0.6 is 23.4 Å². The minimum absolute atomic E-state index is 0.246. The molecule has 0 aromatic carbocycles. The number of rotatable bonds is 6. The summed E-state index contributed by atoms with van der Waals surface area (Å²) in [6.07, 6.45) is 5.29. The van der Waals surface area contributed by atoms with Gasteiger partial charge in [-0.15, -0.1) is 10.2 Å². The van der Waals surface area contributed by atoms with Gasteiger partial charge in [0.1, 0.15) is 5.82 Å². The van der Waals surface area contributed by atoms with Crippen molar-refractivity contribution in [2.75, 3.05) is 6.26 Å². The number of hydrogen-bond acceptors (Lipinski definition) is 3. The van der Waals surface area contributed by atoms with E-state index in [1.165, 1.54) is 0 Å². The number of nitrogens with zero attached hydrogens (tertiary/aromatic N) is 3. The molecule has 0 amide bonds. The van der Waals surface area contributed by atoms with Gasteiger partial charge in [-0.25, -0.2) is 0 Å². The summed E-state index contributed by atoms with van der Waals surface area (Å²) in [6.45, 7) is 7.43. The lowest BCUT2D eigenvalue weighted by Gasteiger charge is -2.30.